The first-order valence-electron chi connectivity index (χ1n) is 16.8. The van der Waals surface area contributed by atoms with E-state index in [1.165, 1.54) is 11.9 Å². The van der Waals surface area contributed by atoms with E-state index in [0.717, 1.165) is 19.3 Å². The summed E-state index contributed by atoms with van der Waals surface area (Å²) in [5.41, 5.74) is 11.3. The molecule has 0 radical (unpaired) electrons. The molecule has 0 saturated carbocycles. The van der Waals surface area contributed by atoms with Gasteiger partial charge in [0.2, 0.25) is 17.7 Å². The molecule has 0 spiro atoms. The fourth-order valence-electron chi connectivity index (χ4n) is 3.48. The fourth-order valence-corrected chi connectivity index (χ4v) is 3.48. The topological polar surface area (TPSA) is 247 Å². The number of carbonyl (C=O) groups excluding carboxylic acids is 5. The van der Waals surface area contributed by atoms with Crippen LogP contribution in [-0.4, -0.2) is 91.8 Å². The Morgan fingerprint density at radius 3 is 1.98 bits per heavy atom. The quantitative estimate of drug-likeness (QED) is 0.105. The number of hydrogen-bond acceptors (Lipinski definition) is 8. The third-order valence-electron chi connectivity index (χ3n) is 5.98. The van der Waals surface area contributed by atoms with Crippen LogP contribution in [0.1, 0.15) is 86.1 Å². The number of amides is 7. The Bertz CT molecular complexity index is 1070. The van der Waals surface area contributed by atoms with Gasteiger partial charge >= 0.3 is 18.2 Å². The molecule has 0 aromatic heterocycles. The average molecular weight is 699 g/mol. The summed E-state index contributed by atoms with van der Waals surface area (Å²) < 4.78 is 5.18. The Morgan fingerprint density at radius 2 is 1.49 bits per heavy atom. The summed E-state index contributed by atoms with van der Waals surface area (Å²) in [5.74, 6) is -1.25. The number of nitrogens with zero attached hydrogens (tertiary/aromatic N) is 1. The van der Waals surface area contributed by atoms with Gasteiger partial charge in [-0.3, -0.25) is 14.4 Å². The molecular weight excluding hydrogens is 636 g/mol. The van der Waals surface area contributed by atoms with Gasteiger partial charge in [0.1, 0.15) is 12.6 Å². The first-order valence-corrected chi connectivity index (χ1v) is 16.8. The third kappa shape index (κ3) is 28.2. The smallest absolute Gasteiger partial charge is 0.409 e. The zero-order valence-electron chi connectivity index (χ0n) is 30.6. The largest absolute Gasteiger partial charge is 0.465 e. The van der Waals surface area contributed by atoms with E-state index in [4.69, 9.17) is 21.3 Å². The first kappa shape index (κ1) is 48.8. The van der Waals surface area contributed by atoms with Crippen molar-refractivity contribution in [3.8, 4) is 0 Å². The van der Waals surface area contributed by atoms with Gasteiger partial charge in [0.25, 0.3) is 0 Å². The van der Waals surface area contributed by atoms with Crippen LogP contribution in [0.4, 0.5) is 20.1 Å². The Balaban J connectivity index is -0.00000167. The summed E-state index contributed by atoms with van der Waals surface area (Å²) in [6.07, 6.45) is 1.86. The van der Waals surface area contributed by atoms with Gasteiger partial charge in [0.05, 0.1) is 6.54 Å². The molecule has 49 heavy (non-hydrogen) atoms. The molecule has 282 valence electrons. The molecule has 1 rings (SSSR count). The van der Waals surface area contributed by atoms with E-state index in [2.05, 4.69) is 26.6 Å². The number of hydrogen-bond donors (Lipinski definition) is 8. The summed E-state index contributed by atoms with van der Waals surface area (Å²) in [7, 11) is 1.49. The summed E-state index contributed by atoms with van der Waals surface area (Å²) in [5, 5.41) is 21.1. The summed E-state index contributed by atoms with van der Waals surface area (Å²) in [4.78, 5) is 70.5. The van der Waals surface area contributed by atoms with Gasteiger partial charge in [-0.2, -0.15) is 0 Å². The van der Waals surface area contributed by atoms with Gasteiger partial charge in [-0.05, 0) is 49.4 Å². The van der Waals surface area contributed by atoms with E-state index in [-0.39, 0.29) is 38.1 Å². The third-order valence-corrected chi connectivity index (χ3v) is 5.98. The molecule has 16 nitrogen and oxygen atoms in total. The van der Waals surface area contributed by atoms with Crippen molar-refractivity contribution in [2.24, 2.45) is 17.4 Å². The molecule has 0 aliphatic rings. The number of nitrogens with one attached hydrogen (secondary N) is 5. The summed E-state index contributed by atoms with van der Waals surface area (Å²) >= 11 is 0. The molecule has 1 unspecified atom stereocenters. The zero-order chi connectivity index (χ0) is 38.2. The Labute approximate surface area is 291 Å². The lowest BCUT2D eigenvalue weighted by atomic mass is 10.0. The van der Waals surface area contributed by atoms with Gasteiger partial charge < -0.3 is 52.8 Å². The van der Waals surface area contributed by atoms with Crippen molar-refractivity contribution < 1.29 is 38.6 Å². The number of carbonyl (C=O) groups is 6. The lowest BCUT2D eigenvalue weighted by Gasteiger charge is -2.21. The number of urea groups is 1. The molecule has 0 bridgehead atoms. The molecule has 1 aromatic carbocycles. The van der Waals surface area contributed by atoms with E-state index in [0.29, 0.717) is 37.2 Å². The number of primary amides is 1. The predicted octanol–water partition coefficient (Wildman–Crippen LogP) is 3.35. The Kier molecular flexibility index (Phi) is 31.8. The van der Waals surface area contributed by atoms with Crippen molar-refractivity contribution >= 4 is 41.6 Å². The average Bonchev–Trinajstić information content (AvgIpc) is 3.08. The molecule has 7 amide bonds. The molecule has 0 aliphatic heterocycles. The number of benzene rings is 1. The van der Waals surface area contributed by atoms with Crippen molar-refractivity contribution in [1.82, 2.24) is 26.2 Å². The molecule has 16 heteroatoms. The van der Waals surface area contributed by atoms with Crippen LogP contribution in [0.25, 0.3) is 0 Å². The molecular formula is C33H62N8O8. The number of anilines is 1. The normalized spacial score (nSPS) is 10.2. The minimum Gasteiger partial charge on any atom is -0.465 e. The van der Waals surface area contributed by atoms with Crippen molar-refractivity contribution in [1.29, 1.82) is 0 Å². The molecule has 0 aliphatic carbocycles. The molecule has 0 saturated heterocycles. The summed E-state index contributed by atoms with van der Waals surface area (Å²) in [6.45, 7) is 14.8. The Hall–Kier alpha value is -4.60. The van der Waals surface area contributed by atoms with Gasteiger partial charge in [-0.1, -0.05) is 67.0 Å². The first-order chi connectivity index (χ1) is 23.3. The molecule has 1 aromatic rings. The maximum absolute atomic E-state index is 12.6. The van der Waals surface area contributed by atoms with Gasteiger partial charge in [-0.25, -0.2) is 14.4 Å². The van der Waals surface area contributed by atoms with Crippen molar-refractivity contribution in [2.75, 3.05) is 45.1 Å². The standard InChI is InChI=1S/C25H40N6O7.C4H10N2O.2C2H6/c1-17(2)22(30-20(32)7-5-4-6-12-26)23(34)28-15-21(33)29-19-10-8-18(9-11-19)16-38-25(37)31(3)14-13-27-24(35)36;1-2-3-6-4(5)7;2*1-2/h8-11,17,22,27H,4-7,12-16,26H2,1-3H3,(H,28,34)(H,29,33)(H,30,32)(H,35,36);2-3H2,1H3,(H3,5,6,7);2*1-2H3. The second-order valence-corrected chi connectivity index (χ2v) is 10.4. The van der Waals surface area contributed by atoms with Crippen molar-refractivity contribution in [3.63, 3.8) is 0 Å². The Morgan fingerprint density at radius 1 is 0.878 bits per heavy atom. The van der Waals surface area contributed by atoms with Crippen molar-refractivity contribution in [3.05, 3.63) is 29.8 Å². The van der Waals surface area contributed by atoms with E-state index in [9.17, 15) is 28.8 Å². The predicted molar refractivity (Wildman–Crippen MR) is 192 cm³/mol. The SMILES string of the molecule is CC.CC.CC(C)C(NC(=O)CCCCCN)C(=O)NCC(=O)Nc1ccc(COC(=O)N(C)CCNC(=O)O)cc1.CCCNC(N)=O. The number of likely N-dealkylation sites (N-methyl/N-ethyl adjacent to an activating group) is 1. The minimum absolute atomic E-state index is 0.00482. The lowest BCUT2D eigenvalue weighted by Crippen LogP contribution is -2.51. The van der Waals surface area contributed by atoms with Crippen LogP contribution in [-0.2, 0) is 25.7 Å². The van der Waals surface area contributed by atoms with Crippen molar-refractivity contribution in [2.45, 2.75) is 93.2 Å². The second kappa shape index (κ2) is 32.0. The number of rotatable bonds is 18. The number of unbranched alkanes of at least 4 members (excludes halogenated alkanes) is 2. The number of carboxylic acid groups (broad SMARTS) is 1. The highest BCUT2D eigenvalue weighted by Gasteiger charge is 2.24. The molecule has 0 heterocycles. The van der Waals surface area contributed by atoms with Crippen LogP contribution in [0.2, 0.25) is 0 Å². The van der Waals surface area contributed by atoms with Crippen LogP contribution in [0.3, 0.4) is 0 Å². The zero-order valence-corrected chi connectivity index (χ0v) is 30.6. The molecule has 1 atom stereocenters. The second-order valence-electron chi connectivity index (χ2n) is 10.4. The maximum Gasteiger partial charge on any atom is 0.409 e. The van der Waals surface area contributed by atoms with E-state index >= 15 is 0 Å². The van der Waals surface area contributed by atoms with Gasteiger partial charge in [0.15, 0.2) is 0 Å². The highest BCUT2D eigenvalue weighted by atomic mass is 16.6. The number of ether oxygens (including phenoxy) is 1. The van der Waals surface area contributed by atoms with E-state index in [1.54, 1.807) is 24.3 Å². The minimum atomic E-state index is -1.17. The van der Waals surface area contributed by atoms with Crippen LogP contribution in [0, 0.1) is 5.92 Å². The van der Waals surface area contributed by atoms with Gasteiger partial charge in [-0.15, -0.1) is 0 Å². The van der Waals surface area contributed by atoms with Crippen LogP contribution in [0.5, 0.6) is 0 Å². The van der Waals surface area contributed by atoms with E-state index in [1.807, 2.05) is 48.5 Å². The number of nitrogens with two attached hydrogens (primary N) is 2. The van der Waals surface area contributed by atoms with Gasteiger partial charge in [0, 0.05) is 38.8 Å². The monoisotopic (exact) mass is 698 g/mol. The maximum atomic E-state index is 12.6. The summed E-state index contributed by atoms with van der Waals surface area (Å²) in [6, 6.07) is 5.41. The van der Waals surface area contributed by atoms with E-state index < -0.39 is 36.1 Å². The van der Waals surface area contributed by atoms with Crippen LogP contribution < -0.4 is 38.1 Å². The highest BCUT2D eigenvalue weighted by Crippen LogP contribution is 2.11. The fraction of sp³-hybridized carbons (Fsp3) is 0.636. The highest BCUT2D eigenvalue weighted by molar-refractivity contribution is 5.96. The molecule has 0 fully saturated rings. The van der Waals surface area contributed by atoms with Crippen LogP contribution in [0.15, 0.2) is 24.3 Å². The molecule has 10 N–H and O–H groups in total. The lowest BCUT2D eigenvalue weighted by molar-refractivity contribution is -0.130. The van der Waals surface area contributed by atoms with Crippen LogP contribution >= 0.6 is 0 Å².